The van der Waals surface area contributed by atoms with Crippen molar-refractivity contribution in [2.24, 2.45) is 0 Å². The molecule has 0 amide bonds. The zero-order valence-corrected chi connectivity index (χ0v) is 9.65. The second kappa shape index (κ2) is 4.19. The van der Waals surface area contributed by atoms with Crippen molar-refractivity contribution >= 4 is 0 Å². The fraction of sp³-hybridized carbons (Fsp3) is 0.571. The summed E-state index contributed by atoms with van der Waals surface area (Å²) in [4.78, 5) is 2.35. The molecule has 16 heavy (non-hydrogen) atoms. The van der Waals surface area contributed by atoms with E-state index in [1.54, 1.807) is 11.1 Å². The summed E-state index contributed by atoms with van der Waals surface area (Å²) in [6.45, 7) is 2.89. The average molecular weight is 217 g/mol. The number of aryl methyl sites for hydroxylation is 2. The van der Waals surface area contributed by atoms with Gasteiger partial charge in [0.2, 0.25) is 0 Å². The molecule has 1 heterocycles. The van der Waals surface area contributed by atoms with Gasteiger partial charge in [-0.25, -0.2) is 0 Å². The molecule has 1 fully saturated rings. The smallest absolute Gasteiger partial charge is 0.0679 e. The van der Waals surface area contributed by atoms with Gasteiger partial charge in [0.25, 0.3) is 0 Å². The van der Waals surface area contributed by atoms with E-state index in [0.717, 1.165) is 26.1 Å². The lowest BCUT2D eigenvalue weighted by Crippen LogP contribution is -2.21. The maximum absolute atomic E-state index is 9.49. The van der Waals surface area contributed by atoms with E-state index in [9.17, 15) is 5.11 Å². The molecule has 0 unspecified atom stereocenters. The molecule has 2 heteroatoms. The minimum Gasteiger partial charge on any atom is -0.392 e. The lowest BCUT2D eigenvalue weighted by atomic mass is 10.1. The van der Waals surface area contributed by atoms with Crippen LogP contribution in [0.3, 0.4) is 0 Å². The number of β-amino-alcohol motifs (C(OH)–C–C–N with tert-alkyl or cyclic N) is 1. The number of likely N-dealkylation sites (tertiary alicyclic amines) is 1. The third kappa shape index (κ3) is 2.00. The Morgan fingerprint density at radius 2 is 2.12 bits per heavy atom. The number of rotatable bonds is 2. The molecule has 0 spiro atoms. The molecular weight excluding hydrogens is 198 g/mol. The predicted molar refractivity (Wildman–Crippen MR) is 64.4 cm³/mol. The highest BCUT2D eigenvalue weighted by Gasteiger charge is 2.20. The highest BCUT2D eigenvalue weighted by atomic mass is 16.3. The fourth-order valence-electron chi connectivity index (χ4n) is 2.94. The molecule has 1 aromatic rings. The van der Waals surface area contributed by atoms with E-state index in [4.69, 9.17) is 0 Å². The van der Waals surface area contributed by atoms with Crippen LogP contribution >= 0.6 is 0 Å². The number of aliphatic hydroxyl groups is 1. The summed E-state index contributed by atoms with van der Waals surface area (Å²) in [5, 5.41) is 9.49. The van der Waals surface area contributed by atoms with Gasteiger partial charge in [0, 0.05) is 19.6 Å². The first-order chi connectivity index (χ1) is 7.81. The van der Waals surface area contributed by atoms with Crippen LogP contribution in [0.4, 0.5) is 0 Å². The molecular formula is C14H19NO. The molecule has 1 N–H and O–H groups in total. The molecule has 1 aliphatic heterocycles. The van der Waals surface area contributed by atoms with Gasteiger partial charge in [-0.15, -0.1) is 0 Å². The highest BCUT2D eigenvalue weighted by Crippen LogP contribution is 2.24. The second-order valence-electron chi connectivity index (χ2n) is 5.13. The number of benzene rings is 1. The number of hydrogen-bond donors (Lipinski definition) is 1. The zero-order chi connectivity index (χ0) is 11.0. The molecule has 0 radical (unpaired) electrons. The van der Waals surface area contributed by atoms with E-state index < -0.39 is 0 Å². The third-order valence-corrected chi connectivity index (χ3v) is 3.82. The second-order valence-corrected chi connectivity index (χ2v) is 5.13. The van der Waals surface area contributed by atoms with Crippen LogP contribution in [0.5, 0.6) is 0 Å². The summed E-state index contributed by atoms with van der Waals surface area (Å²) in [6, 6.07) is 6.92. The average Bonchev–Trinajstić information content (AvgIpc) is 2.87. The van der Waals surface area contributed by atoms with Crippen LogP contribution in [-0.4, -0.2) is 29.2 Å². The Labute approximate surface area is 96.9 Å². The maximum Gasteiger partial charge on any atom is 0.0679 e. The van der Waals surface area contributed by atoms with Crippen LogP contribution in [0.2, 0.25) is 0 Å². The molecule has 2 nitrogen and oxygen atoms in total. The van der Waals surface area contributed by atoms with Gasteiger partial charge in [0.15, 0.2) is 0 Å². The van der Waals surface area contributed by atoms with Crippen molar-refractivity contribution in [2.45, 2.75) is 38.3 Å². The molecule has 86 valence electrons. The SMILES string of the molecule is O[C@H]1CCN(Cc2ccc3c(c2)CCC3)C1. The highest BCUT2D eigenvalue weighted by molar-refractivity contribution is 5.35. The molecule has 2 aliphatic rings. The lowest BCUT2D eigenvalue weighted by Gasteiger charge is -2.15. The first kappa shape index (κ1) is 10.3. The van der Waals surface area contributed by atoms with Crippen molar-refractivity contribution in [2.75, 3.05) is 13.1 Å². The van der Waals surface area contributed by atoms with Crippen molar-refractivity contribution in [1.29, 1.82) is 0 Å². The predicted octanol–water partition coefficient (Wildman–Crippen LogP) is 1.74. The van der Waals surface area contributed by atoms with Gasteiger partial charge in [-0.05, 0) is 42.4 Å². The van der Waals surface area contributed by atoms with E-state index in [2.05, 4.69) is 23.1 Å². The summed E-state index contributed by atoms with van der Waals surface area (Å²) >= 11 is 0. The van der Waals surface area contributed by atoms with Gasteiger partial charge in [-0.3, -0.25) is 4.90 Å². The fourth-order valence-corrected chi connectivity index (χ4v) is 2.94. The van der Waals surface area contributed by atoms with E-state index in [1.807, 2.05) is 0 Å². The van der Waals surface area contributed by atoms with Gasteiger partial charge in [-0.2, -0.15) is 0 Å². The molecule has 0 bridgehead atoms. The van der Waals surface area contributed by atoms with E-state index in [1.165, 1.54) is 24.8 Å². The maximum atomic E-state index is 9.49. The summed E-state index contributed by atoms with van der Waals surface area (Å²) in [5.74, 6) is 0. The van der Waals surface area contributed by atoms with E-state index in [0.29, 0.717) is 0 Å². The summed E-state index contributed by atoms with van der Waals surface area (Å²) in [6.07, 6.45) is 4.67. The van der Waals surface area contributed by atoms with Gasteiger partial charge in [0.05, 0.1) is 6.10 Å². The quantitative estimate of drug-likeness (QED) is 0.815. The van der Waals surface area contributed by atoms with Crippen LogP contribution in [0, 0.1) is 0 Å². The van der Waals surface area contributed by atoms with Crippen molar-refractivity contribution < 1.29 is 5.11 Å². The summed E-state index contributed by atoms with van der Waals surface area (Å²) < 4.78 is 0. The minimum atomic E-state index is -0.102. The summed E-state index contributed by atoms with van der Waals surface area (Å²) in [5.41, 5.74) is 4.51. The number of aliphatic hydroxyl groups excluding tert-OH is 1. The number of hydrogen-bond acceptors (Lipinski definition) is 2. The molecule has 1 atom stereocenters. The molecule has 1 saturated heterocycles. The van der Waals surface area contributed by atoms with Crippen LogP contribution in [0.25, 0.3) is 0 Å². The standard InChI is InChI=1S/C14H19NO/c16-14-6-7-15(10-14)9-11-4-5-12-2-1-3-13(12)8-11/h4-5,8,14,16H,1-3,6-7,9-10H2/t14-/m0/s1. The van der Waals surface area contributed by atoms with Gasteiger partial charge in [-0.1, -0.05) is 18.2 Å². The minimum absolute atomic E-state index is 0.102. The Kier molecular flexibility index (Phi) is 2.70. The number of nitrogens with zero attached hydrogens (tertiary/aromatic N) is 1. The van der Waals surface area contributed by atoms with Gasteiger partial charge in [0.1, 0.15) is 0 Å². The Morgan fingerprint density at radius 3 is 2.94 bits per heavy atom. The zero-order valence-electron chi connectivity index (χ0n) is 9.65. The summed E-state index contributed by atoms with van der Waals surface area (Å²) in [7, 11) is 0. The van der Waals surface area contributed by atoms with Crippen molar-refractivity contribution in [3.8, 4) is 0 Å². The lowest BCUT2D eigenvalue weighted by molar-refractivity contribution is 0.175. The Morgan fingerprint density at radius 1 is 1.25 bits per heavy atom. The molecule has 3 rings (SSSR count). The van der Waals surface area contributed by atoms with E-state index in [-0.39, 0.29) is 6.10 Å². The Balaban J connectivity index is 1.71. The topological polar surface area (TPSA) is 23.5 Å². The van der Waals surface area contributed by atoms with Crippen LogP contribution in [0.1, 0.15) is 29.5 Å². The Bertz CT molecular complexity index is 388. The first-order valence-corrected chi connectivity index (χ1v) is 6.32. The molecule has 0 saturated carbocycles. The van der Waals surface area contributed by atoms with Gasteiger partial charge >= 0.3 is 0 Å². The first-order valence-electron chi connectivity index (χ1n) is 6.32. The molecule has 1 aromatic carbocycles. The molecule has 1 aliphatic carbocycles. The van der Waals surface area contributed by atoms with Crippen LogP contribution in [0.15, 0.2) is 18.2 Å². The van der Waals surface area contributed by atoms with Crippen molar-refractivity contribution in [3.63, 3.8) is 0 Å². The largest absolute Gasteiger partial charge is 0.392 e. The monoisotopic (exact) mass is 217 g/mol. The normalized spacial score (nSPS) is 24.9. The Hall–Kier alpha value is -0.860. The molecule has 0 aromatic heterocycles. The van der Waals surface area contributed by atoms with Crippen molar-refractivity contribution in [1.82, 2.24) is 4.90 Å². The van der Waals surface area contributed by atoms with Gasteiger partial charge < -0.3 is 5.11 Å². The van der Waals surface area contributed by atoms with Crippen molar-refractivity contribution in [3.05, 3.63) is 34.9 Å². The third-order valence-electron chi connectivity index (χ3n) is 3.82. The van der Waals surface area contributed by atoms with Crippen LogP contribution in [-0.2, 0) is 19.4 Å². The van der Waals surface area contributed by atoms with E-state index >= 15 is 0 Å². The number of fused-ring (bicyclic) bond motifs is 1. The van der Waals surface area contributed by atoms with Crippen LogP contribution < -0.4 is 0 Å².